The lowest BCUT2D eigenvalue weighted by Gasteiger charge is -2.13. The first-order valence-electron chi connectivity index (χ1n) is 10.4. The molecule has 34 heavy (non-hydrogen) atoms. The topological polar surface area (TPSA) is 80.8 Å². The lowest BCUT2D eigenvalue weighted by Crippen LogP contribution is -2.29. The number of nitrogens with zero attached hydrogens (tertiary/aromatic N) is 1. The van der Waals surface area contributed by atoms with Crippen molar-refractivity contribution in [3.8, 4) is 0 Å². The molecule has 0 fully saturated rings. The molecule has 0 saturated heterocycles. The number of carbonyl (C=O) groups excluding carboxylic acids is 4. The van der Waals surface area contributed by atoms with Gasteiger partial charge in [-0.3, -0.25) is 14.4 Å². The summed E-state index contributed by atoms with van der Waals surface area (Å²) in [5.74, 6) is -2.15. The van der Waals surface area contributed by atoms with Gasteiger partial charge in [-0.1, -0.05) is 54.1 Å². The third-order valence-electron chi connectivity index (χ3n) is 5.63. The molecule has 1 aliphatic heterocycles. The minimum atomic E-state index is -0.762. The van der Waals surface area contributed by atoms with Crippen molar-refractivity contribution in [1.82, 2.24) is 0 Å². The van der Waals surface area contributed by atoms with Gasteiger partial charge in [-0.15, -0.1) is 0 Å². The minimum Gasteiger partial charge on any atom is -0.454 e. The van der Waals surface area contributed by atoms with E-state index >= 15 is 0 Å². The zero-order valence-corrected chi connectivity index (χ0v) is 18.4. The number of ketones is 1. The number of halogens is 1. The summed E-state index contributed by atoms with van der Waals surface area (Å²) in [6, 6.07) is 23.2. The van der Waals surface area contributed by atoms with Crippen LogP contribution in [-0.2, 0) is 4.74 Å². The fourth-order valence-electron chi connectivity index (χ4n) is 3.95. The molecule has 0 bridgehead atoms. The molecule has 7 heteroatoms. The van der Waals surface area contributed by atoms with E-state index in [4.69, 9.17) is 16.3 Å². The van der Waals surface area contributed by atoms with Crippen molar-refractivity contribution in [3.05, 3.63) is 112 Å². The number of esters is 1. The van der Waals surface area contributed by atoms with Crippen molar-refractivity contribution >= 4 is 51.6 Å². The SMILES string of the molecule is O=C(OCC(=O)c1cccc2ccccc12)c1ccc2c(c1)C(=O)N(c1ccc(Cl)cc1)C2=O. The molecule has 6 nitrogen and oxygen atoms in total. The van der Waals surface area contributed by atoms with Crippen molar-refractivity contribution in [2.24, 2.45) is 0 Å². The quantitative estimate of drug-likeness (QED) is 0.224. The van der Waals surface area contributed by atoms with Crippen LogP contribution >= 0.6 is 11.6 Å². The van der Waals surface area contributed by atoms with E-state index in [2.05, 4.69) is 0 Å². The average Bonchev–Trinajstić information content (AvgIpc) is 3.11. The van der Waals surface area contributed by atoms with Crippen LogP contribution in [0.1, 0.15) is 41.4 Å². The highest BCUT2D eigenvalue weighted by molar-refractivity contribution is 6.35. The Morgan fingerprint density at radius 3 is 2.29 bits per heavy atom. The molecule has 4 aromatic carbocycles. The molecule has 1 aliphatic rings. The Hall–Kier alpha value is -4.29. The number of imide groups is 1. The highest BCUT2D eigenvalue weighted by Crippen LogP contribution is 2.30. The molecule has 0 aliphatic carbocycles. The van der Waals surface area contributed by atoms with Gasteiger partial charge < -0.3 is 4.74 Å². The summed E-state index contributed by atoms with van der Waals surface area (Å²) in [5, 5.41) is 2.16. The smallest absolute Gasteiger partial charge is 0.338 e. The highest BCUT2D eigenvalue weighted by Gasteiger charge is 2.37. The fourth-order valence-corrected chi connectivity index (χ4v) is 4.08. The van der Waals surface area contributed by atoms with Crippen LogP contribution in [0.5, 0.6) is 0 Å². The second-order valence-corrected chi connectivity index (χ2v) is 8.14. The zero-order chi connectivity index (χ0) is 23.8. The molecule has 0 radical (unpaired) electrons. The first-order valence-corrected chi connectivity index (χ1v) is 10.8. The van der Waals surface area contributed by atoms with Gasteiger partial charge in [0.15, 0.2) is 6.61 Å². The summed E-state index contributed by atoms with van der Waals surface area (Å²) < 4.78 is 5.23. The van der Waals surface area contributed by atoms with Crippen LogP contribution in [0.3, 0.4) is 0 Å². The van der Waals surface area contributed by atoms with Gasteiger partial charge >= 0.3 is 5.97 Å². The van der Waals surface area contributed by atoms with E-state index in [1.807, 2.05) is 30.3 Å². The standard InChI is InChI=1S/C27H16ClNO5/c28-18-9-11-19(12-10-18)29-25(31)22-13-8-17(14-23(22)26(29)32)27(33)34-15-24(30)21-7-3-5-16-4-1-2-6-20(16)21/h1-14H,15H2. The number of rotatable bonds is 5. The van der Waals surface area contributed by atoms with Crippen LogP contribution in [0, 0.1) is 0 Å². The van der Waals surface area contributed by atoms with Crippen LogP contribution in [0.25, 0.3) is 10.8 Å². The highest BCUT2D eigenvalue weighted by atomic mass is 35.5. The van der Waals surface area contributed by atoms with Crippen molar-refractivity contribution < 1.29 is 23.9 Å². The van der Waals surface area contributed by atoms with Crippen molar-refractivity contribution in [2.75, 3.05) is 11.5 Å². The van der Waals surface area contributed by atoms with Gasteiger partial charge in [-0.2, -0.15) is 0 Å². The van der Waals surface area contributed by atoms with E-state index < -0.39 is 24.4 Å². The Labute approximate surface area is 199 Å². The number of ether oxygens (including phenoxy) is 1. The molecule has 0 unspecified atom stereocenters. The van der Waals surface area contributed by atoms with Gasteiger partial charge in [-0.05, 0) is 53.2 Å². The fraction of sp³-hybridized carbons (Fsp3) is 0.0370. The number of amides is 2. The maximum Gasteiger partial charge on any atom is 0.338 e. The third kappa shape index (κ3) is 3.74. The van der Waals surface area contributed by atoms with E-state index in [0.717, 1.165) is 15.7 Å². The van der Waals surface area contributed by atoms with Crippen LogP contribution in [0.4, 0.5) is 5.69 Å². The summed E-state index contributed by atoms with van der Waals surface area (Å²) >= 11 is 5.89. The van der Waals surface area contributed by atoms with E-state index in [1.54, 1.807) is 36.4 Å². The summed E-state index contributed by atoms with van der Waals surface area (Å²) in [4.78, 5) is 52.0. The largest absolute Gasteiger partial charge is 0.454 e. The number of fused-ring (bicyclic) bond motifs is 2. The molecule has 5 rings (SSSR count). The van der Waals surface area contributed by atoms with Gasteiger partial charge in [-0.25, -0.2) is 9.69 Å². The van der Waals surface area contributed by atoms with Crippen LogP contribution in [0.2, 0.25) is 5.02 Å². The first kappa shape index (κ1) is 21.6. The maximum atomic E-state index is 12.9. The number of hydrogen-bond donors (Lipinski definition) is 0. The van der Waals surface area contributed by atoms with Gasteiger partial charge in [0.1, 0.15) is 0 Å². The molecular formula is C27H16ClNO5. The number of Topliss-reactive ketones (excluding diaryl/α,β-unsaturated/α-hetero) is 1. The van der Waals surface area contributed by atoms with Crippen molar-refractivity contribution in [2.45, 2.75) is 0 Å². The maximum absolute atomic E-state index is 12.9. The van der Waals surface area contributed by atoms with Crippen LogP contribution in [0.15, 0.2) is 84.9 Å². The van der Waals surface area contributed by atoms with Crippen molar-refractivity contribution in [1.29, 1.82) is 0 Å². The average molecular weight is 470 g/mol. The Kier molecular flexibility index (Phi) is 5.43. The first-order chi connectivity index (χ1) is 16.4. The van der Waals surface area contributed by atoms with Gasteiger partial charge in [0.2, 0.25) is 5.78 Å². The normalized spacial score (nSPS) is 12.7. The molecule has 0 saturated carbocycles. The molecule has 1 heterocycles. The second-order valence-electron chi connectivity index (χ2n) is 7.71. The summed E-state index contributed by atoms with van der Waals surface area (Å²) in [7, 11) is 0. The Morgan fingerprint density at radius 2 is 1.50 bits per heavy atom. The van der Waals surface area contributed by atoms with Gasteiger partial charge in [0.25, 0.3) is 11.8 Å². The lowest BCUT2D eigenvalue weighted by atomic mass is 10.0. The molecule has 2 amide bonds. The Balaban J connectivity index is 1.34. The number of benzene rings is 4. The van der Waals surface area contributed by atoms with Gasteiger partial charge in [0.05, 0.1) is 22.4 Å². The van der Waals surface area contributed by atoms with E-state index in [-0.39, 0.29) is 22.5 Å². The Morgan fingerprint density at radius 1 is 0.794 bits per heavy atom. The molecule has 0 aromatic heterocycles. The van der Waals surface area contributed by atoms with E-state index in [0.29, 0.717) is 16.3 Å². The summed E-state index contributed by atoms with van der Waals surface area (Å²) in [5.41, 5.74) is 1.18. The van der Waals surface area contributed by atoms with Crippen LogP contribution < -0.4 is 4.90 Å². The van der Waals surface area contributed by atoms with Gasteiger partial charge in [0, 0.05) is 10.6 Å². The monoisotopic (exact) mass is 469 g/mol. The summed E-state index contributed by atoms with van der Waals surface area (Å²) in [6.07, 6.45) is 0. The minimum absolute atomic E-state index is 0.0728. The molecule has 166 valence electrons. The molecule has 4 aromatic rings. The van der Waals surface area contributed by atoms with E-state index in [9.17, 15) is 19.2 Å². The Bertz CT molecular complexity index is 1490. The molecule has 0 N–H and O–H groups in total. The molecule has 0 spiro atoms. The predicted octanol–water partition coefficient (Wildman–Crippen LogP) is 5.33. The zero-order valence-electron chi connectivity index (χ0n) is 17.7. The number of anilines is 1. The van der Waals surface area contributed by atoms with Crippen LogP contribution in [-0.4, -0.2) is 30.2 Å². The second kappa shape index (κ2) is 8.57. The van der Waals surface area contributed by atoms with Crippen molar-refractivity contribution in [3.63, 3.8) is 0 Å². The summed E-state index contributed by atoms with van der Waals surface area (Å²) in [6.45, 7) is -0.451. The third-order valence-corrected chi connectivity index (χ3v) is 5.88. The number of hydrogen-bond acceptors (Lipinski definition) is 5. The van der Waals surface area contributed by atoms with E-state index in [1.165, 1.54) is 18.2 Å². The molecule has 0 atom stereocenters. The predicted molar refractivity (Wildman–Crippen MR) is 128 cm³/mol. The number of carbonyl (C=O) groups is 4. The lowest BCUT2D eigenvalue weighted by molar-refractivity contribution is 0.0475. The molecular weight excluding hydrogens is 454 g/mol.